The van der Waals surface area contributed by atoms with Crippen molar-refractivity contribution in [3.8, 4) is 0 Å². The Hall–Kier alpha value is -2.74. The Bertz CT molecular complexity index is 860. The van der Waals surface area contributed by atoms with E-state index in [0.29, 0.717) is 0 Å². The van der Waals surface area contributed by atoms with Crippen LogP contribution in [0, 0.1) is 6.92 Å². The number of aryl methyl sites for hydroxylation is 1. The molecule has 0 aromatic heterocycles. The van der Waals surface area contributed by atoms with Gasteiger partial charge in [-0.3, -0.25) is 14.7 Å². The van der Waals surface area contributed by atoms with Crippen LogP contribution in [0.5, 0.6) is 0 Å². The molecule has 0 atom stereocenters. The van der Waals surface area contributed by atoms with Crippen molar-refractivity contribution in [1.82, 2.24) is 14.7 Å². The lowest BCUT2D eigenvalue weighted by Gasteiger charge is -2.43. The highest BCUT2D eigenvalue weighted by Crippen LogP contribution is 2.20. The highest BCUT2D eigenvalue weighted by atomic mass is 16.4. The van der Waals surface area contributed by atoms with Crippen LogP contribution in [0.1, 0.15) is 29.5 Å². The third-order valence-corrected chi connectivity index (χ3v) is 6.44. The van der Waals surface area contributed by atoms with E-state index in [-0.39, 0.29) is 0 Å². The summed E-state index contributed by atoms with van der Waals surface area (Å²) < 4.78 is 0. The van der Waals surface area contributed by atoms with Gasteiger partial charge in [0.2, 0.25) is 0 Å². The minimum Gasteiger partial charge on any atom is -0.473 e. The predicted octanol–water partition coefficient (Wildman–Crippen LogP) is 2.93. The van der Waals surface area contributed by atoms with Crippen molar-refractivity contribution in [1.29, 1.82) is 0 Å². The Kier molecular flexibility index (Phi) is 9.42. The number of hydrogen-bond acceptors (Lipinski definition) is 5. The first-order valence-corrected chi connectivity index (χ1v) is 11.6. The smallest absolute Gasteiger partial charge is 0.414 e. The zero-order valence-corrected chi connectivity index (χ0v) is 19.4. The topological polar surface area (TPSA) is 84.3 Å². The molecule has 33 heavy (non-hydrogen) atoms. The summed E-state index contributed by atoms with van der Waals surface area (Å²) in [5.74, 6) is -3.65. The van der Waals surface area contributed by atoms with Gasteiger partial charge < -0.3 is 10.2 Å². The third-order valence-electron chi connectivity index (χ3n) is 6.44. The molecule has 0 aliphatic carbocycles. The summed E-state index contributed by atoms with van der Waals surface area (Å²) in [7, 11) is 0. The minimum absolute atomic E-state index is 0.790. The van der Waals surface area contributed by atoms with Gasteiger partial charge in [-0.1, -0.05) is 60.2 Å². The van der Waals surface area contributed by atoms with Crippen molar-refractivity contribution in [3.63, 3.8) is 0 Å². The fourth-order valence-electron chi connectivity index (χ4n) is 4.52. The largest absolute Gasteiger partial charge is 0.473 e. The third kappa shape index (κ3) is 8.28. The van der Waals surface area contributed by atoms with E-state index in [1.807, 2.05) is 0 Å². The second-order valence-corrected chi connectivity index (χ2v) is 8.90. The maximum absolute atomic E-state index is 9.10. The molecule has 4 rings (SSSR count). The number of carboxylic acids is 2. The molecule has 0 spiro atoms. The molecule has 0 bridgehead atoms. The van der Waals surface area contributed by atoms with Crippen LogP contribution in [0.4, 0.5) is 0 Å². The molecule has 0 unspecified atom stereocenters. The van der Waals surface area contributed by atoms with Crippen molar-refractivity contribution < 1.29 is 19.8 Å². The maximum atomic E-state index is 9.10. The van der Waals surface area contributed by atoms with Gasteiger partial charge in [0.05, 0.1) is 0 Å². The van der Waals surface area contributed by atoms with Crippen molar-refractivity contribution in [3.05, 3.63) is 71.3 Å². The van der Waals surface area contributed by atoms with Gasteiger partial charge >= 0.3 is 11.9 Å². The SMILES string of the molecule is Cc1ccc(CN2CCN(C3CCN(Cc4ccccc4)CC3)CC2)cc1.O=C(O)C(=O)O. The Morgan fingerprint density at radius 2 is 1.21 bits per heavy atom. The summed E-state index contributed by atoms with van der Waals surface area (Å²) in [5, 5.41) is 14.8. The molecule has 0 saturated carbocycles. The first-order chi connectivity index (χ1) is 15.9. The van der Waals surface area contributed by atoms with Crippen molar-refractivity contribution in [2.45, 2.75) is 38.9 Å². The van der Waals surface area contributed by atoms with Crippen LogP contribution in [0.25, 0.3) is 0 Å². The lowest BCUT2D eigenvalue weighted by molar-refractivity contribution is -0.159. The Balaban J connectivity index is 0.000000454. The molecule has 178 valence electrons. The monoisotopic (exact) mass is 453 g/mol. The van der Waals surface area contributed by atoms with Gasteiger partial charge in [-0.2, -0.15) is 0 Å². The van der Waals surface area contributed by atoms with Crippen molar-refractivity contribution in [2.24, 2.45) is 0 Å². The van der Waals surface area contributed by atoms with Gasteiger partial charge in [-0.15, -0.1) is 0 Å². The second-order valence-electron chi connectivity index (χ2n) is 8.90. The summed E-state index contributed by atoms with van der Waals surface area (Å²) in [5.41, 5.74) is 4.24. The van der Waals surface area contributed by atoms with Gasteiger partial charge in [-0.05, 0) is 44.0 Å². The molecule has 7 nitrogen and oxygen atoms in total. The molecule has 2 aromatic carbocycles. The zero-order chi connectivity index (χ0) is 23.6. The van der Waals surface area contributed by atoms with Gasteiger partial charge in [0, 0.05) is 45.3 Å². The number of carboxylic acid groups (broad SMARTS) is 2. The molecule has 0 radical (unpaired) electrons. The molecule has 2 aromatic rings. The van der Waals surface area contributed by atoms with Crippen LogP contribution in [-0.4, -0.2) is 82.2 Å². The highest BCUT2D eigenvalue weighted by molar-refractivity contribution is 6.27. The van der Waals surface area contributed by atoms with Gasteiger partial charge in [0.1, 0.15) is 0 Å². The number of aliphatic carboxylic acids is 2. The summed E-state index contributed by atoms with van der Waals surface area (Å²) >= 11 is 0. The molecule has 2 aliphatic rings. The number of carbonyl (C=O) groups is 2. The molecule has 2 saturated heterocycles. The molecular formula is C26H35N3O4. The van der Waals surface area contributed by atoms with E-state index in [4.69, 9.17) is 19.8 Å². The first-order valence-electron chi connectivity index (χ1n) is 11.6. The highest BCUT2D eigenvalue weighted by Gasteiger charge is 2.27. The van der Waals surface area contributed by atoms with Crippen LogP contribution < -0.4 is 0 Å². The molecule has 2 heterocycles. The lowest BCUT2D eigenvalue weighted by Crippen LogP contribution is -2.52. The number of piperidine rings is 1. The molecule has 2 aliphatic heterocycles. The number of nitrogens with zero attached hydrogens (tertiary/aromatic N) is 3. The lowest BCUT2D eigenvalue weighted by atomic mass is 10.0. The number of benzene rings is 2. The van der Waals surface area contributed by atoms with Crippen LogP contribution in [-0.2, 0) is 22.7 Å². The summed E-state index contributed by atoms with van der Waals surface area (Å²) in [6.45, 7) is 11.7. The Morgan fingerprint density at radius 1 is 0.727 bits per heavy atom. The van der Waals surface area contributed by atoms with Gasteiger partial charge in [0.15, 0.2) is 0 Å². The summed E-state index contributed by atoms with van der Waals surface area (Å²) in [4.78, 5) is 26.2. The van der Waals surface area contributed by atoms with E-state index in [1.54, 1.807) is 0 Å². The van der Waals surface area contributed by atoms with Gasteiger partial charge in [-0.25, -0.2) is 9.59 Å². The van der Waals surface area contributed by atoms with Crippen LogP contribution in [0.3, 0.4) is 0 Å². The van der Waals surface area contributed by atoms with Crippen molar-refractivity contribution in [2.75, 3.05) is 39.3 Å². The van der Waals surface area contributed by atoms with E-state index < -0.39 is 11.9 Å². The number of hydrogen-bond donors (Lipinski definition) is 2. The van der Waals surface area contributed by atoms with Gasteiger partial charge in [0.25, 0.3) is 0 Å². The molecule has 7 heteroatoms. The van der Waals surface area contributed by atoms with E-state index in [2.05, 4.69) is 76.2 Å². The fraction of sp³-hybridized carbons (Fsp3) is 0.462. The van der Waals surface area contributed by atoms with E-state index in [1.165, 1.54) is 68.8 Å². The Morgan fingerprint density at radius 3 is 1.73 bits per heavy atom. The molecule has 2 fully saturated rings. The van der Waals surface area contributed by atoms with E-state index >= 15 is 0 Å². The average molecular weight is 454 g/mol. The van der Waals surface area contributed by atoms with Crippen LogP contribution in [0.15, 0.2) is 54.6 Å². The maximum Gasteiger partial charge on any atom is 0.414 e. The Labute approximate surface area is 196 Å². The number of likely N-dealkylation sites (tertiary alicyclic amines) is 1. The fourth-order valence-corrected chi connectivity index (χ4v) is 4.52. The predicted molar refractivity (Wildman–Crippen MR) is 128 cm³/mol. The summed E-state index contributed by atoms with van der Waals surface area (Å²) in [6.07, 6.45) is 2.65. The second kappa shape index (κ2) is 12.5. The normalized spacial score (nSPS) is 18.3. The van der Waals surface area contributed by atoms with Crippen LogP contribution >= 0.6 is 0 Å². The molecule has 2 N–H and O–H groups in total. The van der Waals surface area contributed by atoms with E-state index in [9.17, 15) is 0 Å². The quantitative estimate of drug-likeness (QED) is 0.674. The standard InChI is InChI=1S/C24H33N3.C2H2O4/c1-21-7-9-23(10-8-21)20-26-15-17-27(18-16-26)24-11-13-25(14-12-24)19-22-5-3-2-4-6-22;3-1(4)2(5)6/h2-10,24H,11-20H2,1H3;(H,3,4)(H,5,6). The van der Waals surface area contributed by atoms with E-state index in [0.717, 1.165) is 19.1 Å². The molecular weight excluding hydrogens is 418 g/mol. The number of rotatable bonds is 5. The number of piperazine rings is 1. The minimum atomic E-state index is -1.82. The van der Waals surface area contributed by atoms with Crippen LogP contribution in [0.2, 0.25) is 0 Å². The van der Waals surface area contributed by atoms with Crippen molar-refractivity contribution >= 4 is 11.9 Å². The summed E-state index contributed by atoms with van der Waals surface area (Å²) in [6, 6.07) is 20.7. The zero-order valence-electron chi connectivity index (χ0n) is 19.4. The first kappa shape index (κ1) is 24.9. The molecule has 0 amide bonds. The average Bonchev–Trinajstić information content (AvgIpc) is 2.83.